The van der Waals surface area contributed by atoms with Crippen molar-refractivity contribution in [3.05, 3.63) is 29.8 Å². The van der Waals surface area contributed by atoms with Crippen LogP contribution in [0.3, 0.4) is 0 Å². The maximum absolute atomic E-state index is 14.0. The molecule has 19 N–H and O–H groups in total. The zero-order valence-electron chi connectivity index (χ0n) is 34.8. The van der Waals surface area contributed by atoms with Crippen molar-refractivity contribution in [2.75, 3.05) is 6.54 Å². The highest BCUT2D eigenvalue weighted by molar-refractivity contribution is 5.97. The van der Waals surface area contributed by atoms with Crippen LogP contribution in [0.1, 0.15) is 83.1 Å². The molecule has 0 aliphatic carbocycles. The number of phenols is 1. The van der Waals surface area contributed by atoms with Gasteiger partial charge in [0.25, 0.3) is 0 Å². The molecule has 0 fully saturated rings. The summed E-state index contributed by atoms with van der Waals surface area (Å²) in [7, 11) is 0. The number of nitrogens with two attached hydrogens (primary N) is 5. The van der Waals surface area contributed by atoms with Crippen LogP contribution in [0.2, 0.25) is 0 Å². The van der Waals surface area contributed by atoms with Gasteiger partial charge in [0.2, 0.25) is 53.2 Å². The number of carbonyl (C=O) groups excluding carboxylic acids is 9. The molecule has 0 aliphatic rings. The number of amides is 9. The lowest BCUT2D eigenvalue weighted by Gasteiger charge is -2.27. The van der Waals surface area contributed by atoms with Crippen molar-refractivity contribution in [3.63, 3.8) is 0 Å². The van der Waals surface area contributed by atoms with Crippen molar-refractivity contribution in [2.24, 2.45) is 28.7 Å². The highest BCUT2D eigenvalue weighted by Gasteiger charge is 2.33. The Hall–Kier alpha value is -6.89. The fourth-order valence-corrected chi connectivity index (χ4v) is 5.68. The first-order valence-corrected chi connectivity index (χ1v) is 19.9. The lowest BCUT2D eigenvalue weighted by molar-refractivity contribution is -0.143. The molecule has 0 bridgehead atoms. The molecule has 0 spiro atoms. The van der Waals surface area contributed by atoms with Gasteiger partial charge in [-0.3, -0.25) is 47.9 Å². The molecule has 1 aromatic carbocycles. The number of unbranched alkanes of at least 4 members (excludes halogenated alkanes) is 1. The predicted octanol–water partition coefficient (Wildman–Crippen LogP) is -4.93. The highest BCUT2D eigenvalue weighted by Crippen LogP contribution is 2.13. The monoisotopic (exact) mass is 893 g/mol. The lowest BCUT2D eigenvalue weighted by atomic mass is 10.0. The third-order valence-electron chi connectivity index (χ3n) is 9.27. The first-order chi connectivity index (χ1) is 29.5. The Morgan fingerprint density at radius 3 is 1.43 bits per heavy atom. The molecule has 350 valence electrons. The van der Waals surface area contributed by atoms with E-state index in [0.29, 0.717) is 12.0 Å². The Balaban J connectivity index is 3.40. The second-order valence-corrected chi connectivity index (χ2v) is 14.6. The first kappa shape index (κ1) is 54.1. The minimum atomic E-state index is -1.61. The minimum absolute atomic E-state index is 0.0722. The zero-order chi connectivity index (χ0) is 47.8. The third-order valence-corrected chi connectivity index (χ3v) is 9.27. The number of carboxylic acids is 2. The van der Waals surface area contributed by atoms with E-state index in [0.717, 1.165) is 0 Å². The van der Waals surface area contributed by atoms with Gasteiger partial charge in [-0.25, -0.2) is 4.79 Å². The van der Waals surface area contributed by atoms with Gasteiger partial charge in [0.05, 0.1) is 6.04 Å². The molecule has 0 aliphatic heterocycles. The Kier molecular flexibility index (Phi) is 23.9. The topological polar surface area (TPSA) is 451 Å². The van der Waals surface area contributed by atoms with Crippen LogP contribution in [0, 0.1) is 0 Å². The number of nitrogens with one attached hydrogen (secondary N) is 6. The number of phenolic OH excluding ortho intramolecular Hbond substituents is 1. The molecule has 25 nitrogen and oxygen atoms in total. The van der Waals surface area contributed by atoms with Crippen LogP contribution in [-0.2, 0) is 59.2 Å². The molecule has 7 atom stereocenters. The molecule has 0 aromatic heterocycles. The summed E-state index contributed by atoms with van der Waals surface area (Å²) < 4.78 is 0. The van der Waals surface area contributed by atoms with Crippen molar-refractivity contribution >= 4 is 65.1 Å². The Morgan fingerprint density at radius 2 is 0.937 bits per heavy atom. The average Bonchev–Trinajstić information content (AvgIpc) is 3.20. The molecule has 1 rings (SSSR count). The summed E-state index contributed by atoms with van der Waals surface area (Å²) in [5.41, 5.74) is 27.3. The molecule has 0 unspecified atom stereocenters. The molecule has 0 saturated carbocycles. The van der Waals surface area contributed by atoms with Crippen molar-refractivity contribution in [1.29, 1.82) is 0 Å². The van der Waals surface area contributed by atoms with Crippen molar-refractivity contribution in [3.8, 4) is 5.75 Å². The van der Waals surface area contributed by atoms with E-state index in [1.807, 2.05) is 0 Å². The molecule has 1 aromatic rings. The Morgan fingerprint density at radius 1 is 0.524 bits per heavy atom. The molecule has 63 heavy (non-hydrogen) atoms. The summed E-state index contributed by atoms with van der Waals surface area (Å²) in [4.78, 5) is 138. The summed E-state index contributed by atoms with van der Waals surface area (Å²) in [6.45, 7) is 1.42. The molecular weight excluding hydrogens is 834 g/mol. The van der Waals surface area contributed by atoms with Crippen molar-refractivity contribution in [2.45, 2.75) is 126 Å². The summed E-state index contributed by atoms with van der Waals surface area (Å²) in [5.74, 6) is -11.2. The lowest BCUT2D eigenvalue weighted by Crippen LogP contribution is -2.59. The molecular formula is C38H59N11O14. The standard InChI is InChI=1S/C38H59N11O14/c1-19(44-34(58)25(12-16-31(54)55)45-33(57)22(40)9-13-28(41)51)32(56)49-27(18-20-5-7-21(50)8-6-20)37(61)46-23(4-2-3-17-39)35(59)47-24(10-14-29(42)52)36(60)48-26(38(62)63)11-15-30(43)53/h5-8,19,22-27,50H,2-4,9-18,39-40H2,1H3,(H2,41,51)(H2,42,52)(H2,43,53)(H,44,58)(H,45,57)(H,46,61)(H,47,59)(H,48,60)(H,49,56)(H,54,55)(H,62,63)/t19-,22-,23-,24-,25-,26-,27-/m0/s1. The second kappa shape index (κ2) is 27.9. The van der Waals surface area contributed by atoms with E-state index in [4.69, 9.17) is 28.7 Å². The first-order valence-electron chi connectivity index (χ1n) is 19.9. The van der Waals surface area contributed by atoms with E-state index >= 15 is 0 Å². The predicted molar refractivity (Wildman–Crippen MR) is 220 cm³/mol. The van der Waals surface area contributed by atoms with Gasteiger partial charge in [-0.2, -0.15) is 0 Å². The van der Waals surface area contributed by atoms with E-state index in [-0.39, 0.29) is 44.4 Å². The van der Waals surface area contributed by atoms with E-state index in [1.54, 1.807) is 0 Å². The van der Waals surface area contributed by atoms with Crippen LogP contribution >= 0.6 is 0 Å². The fourth-order valence-electron chi connectivity index (χ4n) is 5.68. The number of hydrogen-bond donors (Lipinski definition) is 14. The SMILES string of the molecule is C[C@H](NC(=O)[C@H](CCC(=O)O)NC(=O)[C@@H](N)CCC(N)=O)C(=O)N[C@@H](Cc1ccc(O)cc1)C(=O)N[C@@H](CCCCN)C(=O)N[C@@H](CCC(N)=O)C(=O)N[C@@H](CCC(N)=O)C(=O)O. The average molecular weight is 894 g/mol. The maximum Gasteiger partial charge on any atom is 0.326 e. The summed E-state index contributed by atoms with van der Waals surface area (Å²) in [6, 6.07) is -4.83. The van der Waals surface area contributed by atoms with Gasteiger partial charge in [-0.05, 0) is 76.1 Å². The van der Waals surface area contributed by atoms with E-state index in [9.17, 15) is 68.1 Å². The summed E-state index contributed by atoms with van der Waals surface area (Å²) >= 11 is 0. The highest BCUT2D eigenvalue weighted by atomic mass is 16.4. The van der Waals surface area contributed by atoms with Gasteiger partial charge >= 0.3 is 11.9 Å². The van der Waals surface area contributed by atoms with Crippen molar-refractivity contribution in [1.82, 2.24) is 31.9 Å². The van der Waals surface area contributed by atoms with Crippen LogP contribution in [0.15, 0.2) is 24.3 Å². The van der Waals surface area contributed by atoms with Gasteiger partial charge in [0, 0.05) is 32.1 Å². The fraction of sp³-hybridized carbons (Fsp3) is 0.553. The molecule has 25 heteroatoms. The number of carboxylic acid groups (broad SMARTS) is 2. The van der Waals surface area contributed by atoms with Gasteiger partial charge in [0.1, 0.15) is 42.0 Å². The van der Waals surface area contributed by atoms with Crippen LogP contribution in [0.5, 0.6) is 5.75 Å². The van der Waals surface area contributed by atoms with Gasteiger partial charge in [0.15, 0.2) is 0 Å². The van der Waals surface area contributed by atoms with Gasteiger partial charge < -0.3 is 75.9 Å². The number of carbonyl (C=O) groups is 11. The number of aliphatic carboxylic acids is 2. The number of hydrogen-bond acceptors (Lipinski definition) is 14. The van der Waals surface area contributed by atoms with E-state index in [2.05, 4.69) is 31.9 Å². The number of rotatable bonds is 31. The molecule has 9 amide bonds. The molecule has 0 radical (unpaired) electrons. The van der Waals surface area contributed by atoms with Crippen molar-refractivity contribution < 1.29 is 68.1 Å². The number of primary amides is 3. The quantitative estimate of drug-likeness (QED) is 0.0311. The number of aromatic hydroxyl groups is 1. The summed E-state index contributed by atoms with van der Waals surface area (Å²) in [5, 5.41) is 42.9. The van der Waals surface area contributed by atoms with Crippen LogP contribution < -0.4 is 60.6 Å². The van der Waals surface area contributed by atoms with E-state index in [1.165, 1.54) is 31.2 Å². The minimum Gasteiger partial charge on any atom is -0.508 e. The Bertz CT molecular complexity index is 1800. The molecule has 0 heterocycles. The number of benzene rings is 1. The molecule has 0 saturated heterocycles. The van der Waals surface area contributed by atoms with E-state index < -0.39 is 146 Å². The third kappa shape index (κ3) is 22.0. The van der Waals surface area contributed by atoms with Gasteiger partial charge in [-0.15, -0.1) is 0 Å². The largest absolute Gasteiger partial charge is 0.508 e. The van der Waals surface area contributed by atoms with Crippen LogP contribution in [0.25, 0.3) is 0 Å². The van der Waals surface area contributed by atoms with Gasteiger partial charge in [-0.1, -0.05) is 12.1 Å². The van der Waals surface area contributed by atoms with Crippen LogP contribution in [-0.4, -0.2) is 129 Å². The smallest absolute Gasteiger partial charge is 0.326 e. The summed E-state index contributed by atoms with van der Waals surface area (Å²) in [6.07, 6.45) is -2.75. The Labute approximate surface area is 361 Å². The second-order valence-electron chi connectivity index (χ2n) is 14.6. The normalized spacial score (nSPS) is 14.1. The van der Waals surface area contributed by atoms with Crippen LogP contribution in [0.4, 0.5) is 0 Å². The zero-order valence-corrected chi connectivity index (χ0v) is 34.8. The maximum atomic E-state index is 14.0.